The van der Waals surface area contributed by atoms with Crippen molar-refractivity contribution in [3.8, 4) is 11.5 Å². The Morgan fingerprint density at radius 1 is 1.03 bits per heavy atom. The van der Waals surface area contributed by atoms with Gasteiger partial charge >= 0.3 is 0 Å². The van der Waals surface area contributed by atoms with Crippen LogP contribution in [-0.2, 0) is 23.5 Å². The largest absolute Gasteiger partial charge is 0.493 e. The monoisotopic (exact) mass is 487 g/mol. The third-order valence-electron chi connectivity index (χ3n) is 5.40. The highest BCUT2D eigenvalue weighted by molar-refractivity contribution is 5.85. The number of nitrogens with zero attached hydrogens (tertiary/aromatic N) is 3. The SMILES string of the molecule is COc1ccc(Cn2cnc(=N)c3[nH]c(C(C)(C)OCc4ccc(F)cc4)nc32)cc1OC.Cl. The van der Waals surface area contributed by atoms with Gasteiger partial charge in [0.2, 0.25) is 0 Å². The van der Waals surface area contributed by atoms with Crippen LogP contribution in [0.15, 0.2) is 48.8 Å². The Balaban J connectivity index is 0.00000324. The van der Waals surface area contributed by atoms with E-state index in [0.717, 1.165) is 11.1 Å². The van der Waals surface area contributed by atoms with Gasteiger partial charge in [0, 0.05) is 0 Å². The first kappa shape index (κ1) is 25.2. The second-order valence-corrected chi connectivity index (χ2v) is 8.12. The van der Waals surface area contributed by atoms with E-state index in [1.54, 1.807) is 32.7 Å². The average molecular weight is 488 g/mol. The number of methoxy groups -OCH3 is 2. The first-order valence-corrected chi connectivity index (χ1v) is 10.4. The second-order valence-electron chi connectivity index (χ2n) is 8.12. The zero-order chi connectivity index (χ0) is 23.6. The zero-order valence-corrected chi connectivity index (χ0v) is 20.2. The molecule has 4 aromatic rings. The van der Waals surface area contributed by atoms with Gasteiger partial charge in [0.1, 0.15) is 22.8 Å². The summed E-state index contributed by atoms with van der Waals surface area (Å²) < 4.78 is 31.8. The molecule has 0 aliphatic rings. The van der Waals surface area contributed by atoms with Crippen molar-refractivity contribution in [3.63, 3.8) is 0 Å². The highest BCUT2D eigenvalue weighted by atomic mass is 35.5. The quantitative estimate of drug-likeness (QED) is 0.386. The summed E-state index contributed by atoms with van der Waals surface area (Å²) >= 11 is 0. The Kier molecular flexibility index (Phi) is 7.58. The Morgan fingerprint density at radius 2 is 1.71 bits per heavy atom. The number of hydrogen-bond acceptors (Lipinski definition) is 6. The molecule has 180 valence electrons. The normalized spacial score (nSPS) is 11.3. The highest BCUT2D eigenvalue weighted by Crippen LogP contribution is 2.29. The van der Waals surface area contributed by atoms with Crippen molar-refractivity contribution in [2.24, 2.45) is 0 Å². The molecule has 0 amide bonds. The van der Waals surface area contributed by atoms with E-state index in [-0.39, 0.29) is 23.7 Å². The molecule has 0 saturated heterocycles. The standard InChI is InChI=1S/C24H26FN5O3.ClH/c1-24(2,33-13-15-5-8-17(25)9-6-15)23-28-20-21(26)27-14-30(22(20)29-23)12-16-7-10-18(31-3)19(11-16)32-4;/h5-11,14,26H,12-13H2,1-4H3,(H,28,29);1H. The fraction of sp³-hybridized carbons (Fsp3) is 0.292. The van der Waals surface area contributed by atoms with E-state index in [4.69, 9.17) is 24.6 Å². The summed E-state index contributed by atoms with van der Waals surface area (Å²) in [4.78, 5) is 12.2. The van der Waals surface area contributed by atoms with Crippen LogP contribution in [0.1, 0.15) is 30.8 Å². The van der Waals surface area contributed by atoms with Crippen LogP contribution in [0, 0.1) is 11.2 Å². The summed E-state index contributed by atoms with van der Waals surface area (Å²) in [5, 5.41) is 8.22. The number of ether oxygens (including phenoxy) is 3. The zero-order valence-electron chi connectivity index (χ0n) is 19.4. The fourth-order valence-corrected chi connectivity index (χ4v) is 3.47. The maximum atomic E-state index is 13.2. The summed E-state index contributed by atoms with van der Waals surface area (Å²) in [6.07, 6.45) is 1.60. The lowest BCUT2D eigenvalue weighted by molar-refractivity contribution is -0.0393. The second kappa shape index (κ2) is 10.2. The molecule has 0 spiro atoms. The highest BCUT2D eigenvalue weighted by Gasteiger charge is 2.26. The summed E-state index contributed by atoms with van der Waals surface area (Å²) in [7, 11) is 3.19. The fourth-order valence-electron chi connectivity index (χ4n) is 3.47. The predicted octanol–water partition coefficient (Wildman–Crippen LogP) is 4.32. The topological polar surface area (TPSA) is 98.0 Å². The Hall–Kier alpha value is -3.43. The van der Waals surface area contributed by atoms with Gasteiger partial charge < -0.3 is 23.8 Å². The molecular formula is C24H27ClFN5O3. The van der Waals surface area contributed by atoms with Crippen LogP contribution in [0.4, 0.5) is 4.39 Å². The van der Waals surface area contributed by atoms with Gasteiger partial charge in [-0.15, -0.1) is 12.4 Å². The molecule has 0 unspecified atom stereocenters. The maximum absolute atomic E-state index is 13.2. The van der Waals surface area contributed by atoms with Crippen molar-refractivity contribution in [1.29, 1.82) is 5.41 Å². The number of hydrogen-bond donors (Lipinski definition) is 2. The molecule has 0 saturated carbocycles. The van der Waals surface area contributed by atoms with Crippen LogP contribution >= 0.6 is 12.4 Å². The third-order valence-corrected chi connectivity index (χ3v) is 5.40. The summed E-state index contributed by atoms with van der Waals surface area (Å²) in [6.45, 7) is 4.56. The Bertz CT molecular complexity index is 1330. The molecule has 0 bridgehead atoms. The van der Waals surface area contributed by atoms with Gasteiger partial charge in [-0.1, -0.05) is 18.2 Å². The maximum Gasteiger partial charge on any atom is 0.173 e. The number of H-pyrrole nitrogens is 1. The van der Waals surface area contributed by atoms with Crippen molar-refractivity contribution < 1.29 is 18.6 Å². The van der Waals surface area contributed by atoms with Crippen LogP contribution in [0.2, 0.25) is 0 Å². The van der Waals surface area contributed by atoms with Gasteiger partial charge in [0.05, 0.1) is 33.7 Å². The number of imidazole rings is 1. The summed E-state index contributed by atoms with van der Waals surface area (Å²) in [5.41, 5.74) is 2.26. The van der Waals surface area contributed by atoms with Gasteiger partial charge in [-0.05, 0) is 49.2 Å². The van der Waals surface area contributed by atoms with Gasteiger partial charge in [-0.3, -0.25) is 5.41 Å². The lowest BCUT2D eigenvalue weighted by atomic mass is 10.1. The Labute approximate surface area is 202 Å². The van der Waals surface area contributed by atoms with E-state index in [2.05, 4.69) is 9.97 Å². The molecule has 2 aromatic heterocycles. The predicted molar refractivity (Wildman–Crippen MR) is 128 cm³/mol. The van der Waals surface area contributed by atoms with Crippen molar-refractivity contribution in [2.45, 2.75) is 32.6 Å². The lowest BCUT2D eigenvalue weighted by Crippen LogP contribution is -2.23. The third kappa shape index (κ3) is 5.21. The number of fused-ring (bicyclic) bond motifs is 1. The van der Waals surface area contributed by atoms with Crippen LogP contribution in [0.25, 0.3) is 11.2 Å². The van der Waals surface area contributed by atoms with E-state index in [1.807, 2.05) is 36.6 Å². The van der Waals surface area contributed by atoms with Gasteiger partial charge in [-0.2, -0.15) is 0 Å². The first-order valence-electron chi connectivity index (χ1n) is 10.4. The average Bonchev–Trinajstić information content (AvgIpc) is 3.28. The molecule has 0 atom stereocenters. The summed E-state index contributed by atoms with van der Waals surface area (Å²) in [5.74, 6) is 1.57. The molecular weight excluding hydrogens is 461 g/mol. The van der Waals surface area contributed by atoms with Crippen LogP contribution in [-0.4, -0.2) is 33.7 Å². The number of nitrogens with one attached hydrogen (secondary N) is 2. The molecule has 0 radical (unpaired) electrons. The molecule has 10 heteroatoms. The van der Waals surface area contributed by atoms with Crippen molar-refractivity contribution in [1.82, 2.24) is 19.5 Å². The molecule has 0 aliphatic carbocycles. The minimum Gasteiger partial charge on any atom is -0.493 e. The number of rotatable bonds is 8. The molecule has 0 fully saturated rings. The smallest absolute Gasteiger partial charge is 0.173 e. The molecule has 2 N–H and O–H groups in total. The minimum atomic E-state index is -0.777. The number of benzene rings is 2. The van der Waals surface area contributed by atoms with E-state index < -0.39 is 5.60 Å². The van der Waals surface area contributed by atoms with E-state index in [1.165, 1.54) is 12.1 Å². The van der Waals surface area contributed by atoms with Gasteiger partial charge in [-0.25, -0.2) is 14.4 Å². The van der Waals surface area contributed by atoms with Crippen molar-refractivity contribution in [2.75, 3.05) is 14.2 Å². The van der Waals surface area contributed by atoms with Crippen LogP contribution < -0.4 is 15.0 Å². The first-order chi connectivity index (χ1) is 15.8. The Morgan fingerprint density at radius 3 is 2.38 bits per heavy atom. The summed E-state index contributed by atoms with van der Waals surface area (Å²) in [6, 6.07) is 11.9. The van der Waals surface area contributed by atoms with E-state index in [9.17, 15) is 4.39 Å². The van der Waals surface area contributed by atoms with Crippen molar-refractivity contribution >= 4 is 23.6 Å². The molecule has 8 nitrogen and oxygen atoms in total. The number of halogens is 2. The number of aromatic amines is 1. The van der Waals surface area contributed by atoms with Crippen LogP contribution in [0.3, 0.4) is 0 Å². The van der Waals surface area contributed by atoms with Crippen molar-refractivity contribution in [3.05, 3.63) is 77.0 Å². The molecule has 0 aliphatic heterocycles. The van der Waals surface area contributed by atoms with E-state index in [0.29, 0.717) is 41.6 Å². The number of aromatic nitrogens is 4. The van der Waals surface area contributed by atoms with E-state index >= 15 is 0 Å². The van der Waals surface area contributed by atoms with Gasteiger partial charge in [0.15, 0.2) is 22.6 Å². The lowest BCUT2D eigenvalue weighted by Gasteiger charge is -2.23. The minimum absolute atomic E-state index is 0. The molecule has 4 rings (SSSR count). The molecule has 2 heterocycles. The van der Waals surface area contributed by atoms with Crippen LogP contribution in [0.5, 0.6) is 11.5 Å². The van der Waals surface area contributed by atoms with Gasteiger partial charge in [0.25, 0.3) is 0 Å². The molecule has 2 aromatic carbocycles. The molecule has 34 heavy (non-hydrogen) atoms.